The first-order valence-corrected chi connectivity index (χ1v) is 39.1. The molecule has 6 aromatic heterocycles. The molecule has 6 atom stereocenters. The Morgan fingerprint density at radius 1 is 0.482 bits per heavy atom. The van der Waals surface area contributed by atoms with Gasteiger partial charge in [-0.2, -0.15) is 28.8 Å². The summed E-state index contributed by atoms with van der Waals surface area (Å²) < 4.78 is 63.0. The molecule has 31 heteroatoms. The zero-order valence-corrected chi connectivity index (χ0v) is 66.3. The molecule has 5 aliphatic rings. The maximum Gasteiger partial charge on any atom is 0.345 e. The van der Waals surface area contributed by atoms with Crippen molar-refractivity contribution in [2.24, 2.45) is 23.3 Å². The van der Waals surface area contributed by atoms with Crippen LogP contribution in [0.4, 0.5) is 13.2 Å². The molecule has 11 aromatic rings. The highest BCUT2D eigenvalue weighted by atomic mass is 35.5. The van der Waals surface area contributed by atoms with Crippen molar-refractivity contribution in [3.8, 4) is 33.8 Å². The third-order valence-corrected chi connectivity index (χ3v) is 24.4. The van der Waals surface area contributed by atoms with Crippen LogP contribution in [0.15, 0.2) is 158 Å². The highest BCUT2D eigenvalue weighted by Gasteiger charge is 2.40. The number of ketones is 2. The third kappa shape index (κ3) is 17.9. The average molecular weight is 1660 g/mol. The molecule has 5 aliphatic heterocycles. The van der Waals surface area contributed by atoms with E-state index in [2.05, 4.69) is 15.3 Å². The lowest BCUT2D eigenvalue weighted by atomic mass is 9.93. The summed E-state index contributed by atoms with van der Waals surface area (Å²) in [6, 6.07) is 37.1. The van der Waals surface area contributed by atoms with Gasteiger partial charge in [0.1, 0.15) is 22.3 Å². The number of carbonyl (C=O) groups excluding carboxylic acids is 6. The predicted molar refractivity (Wildman–Crippen MR) is 428 cm³/mol. The number of carbonyl (C=O) groups is 7. The van der Waals surface area contributed by atoms with E-state index in [9.17, 15) is 46.7 Å². The van der Waals surface area contributed by atoms with Crippen LogP contribution in [0.2, 0.25) is 15.1 Å². The van der Waals surface area contributed by atoms with E-state index in [1.165, 1.54) is 75.3 Å². The van der Waals surface area contributed by atoms with Crippen molar-refractivity contribution >= 4 is 123 Å². The number of rotatable bonds is 21. The van der Waals surface area contributed by atoms with Crippen molar-refractivity contribution in [2.45, 2.75) is 95.4 Å². The van der Waals surface area contributed by atoms with Gasteiger partial charge in [0.2, 0.25) is 0 Å². The van der Waals surface area contributed by atoms with E-state index in [-0.39, 0.29) is 115 Å². The summed E-state index contributed by atoms with van der Waals surface area (Å²) >= 11 is 23.1. The van der Waals surface area contributed by atoms with Crippen molar-refractivity contribution in [1.29, 1.82) is 0 Å². The standard InChI is InChI=1S/C30H25ClFN3O4S.C22H23ClFN3O2S.C17H15FN2O2.C12H11ClN2O3S.H2S/c1-39-25-9-10-35-27(23(31)15-33-35)22-14-26(40-28(22)25)24(36)13-18(11-17-5-4-6-19(32)12-17)16-34-29(37)20-7-2-3-8-21(20)30(34)38;1-29-19-5-6-27-21(17(23)12-26-27)16-10-20(30-22(16)19)18(28)9-14(11-25)7-13-3-2-4-15(24)8-13;18-12-5-3-4-11(8-12)9-13(19)10-20-16(21)14-6-1-2-7-15(14)17(20)22;1-18-8-2-3-15-10(7(13)5-14-15)6-4-9(12(16)17)19-11(6)8;/h2-8,12,14-15,18,25H,9-11,13,16H2,1H3;2-4,8,10,12,14,19H,5-7,9,11,25H2,1H3;1-8,13H,9-10,19H2;4-5,8H,2-3H2,1H3,(H,16,17);1H2/t18-,25?;14-,19?;13-;;/m110../s1. The van der Waals surface area contributed by atoms with Crippen LogP contribution in [0.3, 0.4) is 0 Å². The Morgan fingerprint density at radius 2 is 0.812 bits per heavy atom. The number of methoxy groups -OCH3 is 3. The van der Waals surface area contributed by atoms with Crippen molar-refractivity contribution in [3.63, 3.8) is 0 Å². The second kappa shape index (κ2) is 36.3. The molecule has 4 amide bonds. The number of benzene rings is 5. The molecule has 5 aromatic carbocycles. The number of aromatic carboxylic acids is 1. The van der Waals surface area contributed by atoms with Gasteiger partial charge in [-0.15, -0.1) is 34.0 Å². The summed E-state index contributed by atoms with van der Waals surface area (Å²) in [4.78, 5) is 95.3. The number of hydrogen-bond acceptors (Lipinski definition) is 18. The number of hydrogen-bond donors (Lipinski definition) is 3. The summed E-state index contributed by atoms with van der Waals surface area (Å²) in [6.07, 6.45) is 8.22. The van der Waals surface area contributed by atoms with Crippen LogP contribution in [0.1, 0.15) is 152 Å². The Balaban J connectivity index is 0.000000144. The smallest absolute Gasteiger partial charge is 0.345 e. The second-order valence-corrected chi connectivity index (χ2v) is 31.7. The Bertz CT molecular complexity index is 5300. The molecular weight excluding hydrogens is 1580 g/mol. The van der Waals surface area contributed by atoms with Crippen LogP contribution in [-0.4, -0.2) is 132 Å². The fraction of sp³-hybridized carbons (Fsp3) is 0.284. The molecule has 0 spiro atoms. The van der Waals surface area contributed by atoms with Gasteiger partial charge in [-0.25, -0.2) is 18.0 Å². The minimum Gasteiger partial charge on any atom is -0.477 e. The van der Waals surface area contributed by atoms with Gasteiger partial charge in [-0.05, 0) is 152 Å². The van der Waals surface area contributed by atoms with Crippen LogP contribution >= 0.6 is 82.3 Å². The number of nitrogens with zero attached hydrogens (tertiary/aromatic N) is 8. The number of aryl methyl sites for hydroxylation is 3. The number of nitrogens with two attached hydrogens (primary N) is 2. The fourth-order valence-electron chi connectivity index (χ4n) is 14.5. The van der Waals surface area contributed by atoms with Gasteiger partial charge in [0.05, 0.1) is 101 Å². The largest absolute Gasteiger partial charge is 0.477 e. The zero-order chi connectivity index (χ0) is 78.5. The number of halogens is 6. The van der Waals surface area contributed by atoms with Crippen molar-refractivity contribution < 1.29 is 66.1 Å². The van der Waals surface area contributed by atoms with Crippen molar-refractivity contribution in [2.75, 3.05) is 41.0 Å². The summed E-state index contributed by atoms with van der Waals surface area (Å²) in [5.41, 5.74) is 20.6. The summed E-state index contributed by atoms with van der Waals surface area (Å²) in [5.74, 6) is -3.94. The molecule has 5 N–H and O–H groups in total. The molecule has 0 bridgehead atoms. The quantitative estimate of drug-likeness (QED) is 0.0445. The van der Waals surface area contributed by atoms with E-state index in [0.29, 0.717) is 111 Å². The van der Waals surface area contributed by atoms with E-state index in [0.717, 1.165) is 77.3 Å². The van der Waals surface area contributed by atoms with Crippen molar-refractivity contribution in [1.82, 2.24) is 39.1 Å². The molecule has 11 heterocycles. The first kappa shape index (κ1) is 82.2. The van der Waals surface area contributed by atoms with Crippen LogP contribution < -0.4 is 11.5 Å². The number of carboxylic acids is 1. The Hall–Kier alpha value is -9.27. The van der Waals surface area contributed by atoms with E-state index in [1.807, 2.05) is 27.6 Å². The number of ether oxygens (including phenoxy) is 3. The topological polar surface area (TPSA) is 279 Å². The van der Waals surface area contributed by atoms with Crippen LogP contribution in [0, 0.1) is 29.3 Å². The van der Waals surface area contributed by atoms with Gasteiger partial charge in [0, 0.05) is 104 Å². The van der Waals surface area contributed by atoms with Crippen LogP contribution in [0.5, 0.6) is 0 Å². The molecule has 21 nitrogen and oxygen atoms in total. The fourth-order valence-corrected chi connectivity index (χ4v) is 18.8. The van der Waals surface area contributed by atoms with E-state index >= 15 is 0 Å². The summed E-state index contributed by atoms with van der Waals surface area (Å²) in [6.45, 7) is 2.55. The number of thiophene rings is 3. The first-order chi connectivity index (χ1) is 53.5. The van der Waals surface area contributed by atoms with E-state index < -0.39 is 17.9 Å². The van der Waals surface area contributed by atoms with Crippen LogP contribution in [0.25, 0.3) is 33.8 Å². The molecule has 0 radical (unpaired) electrons. The highest BCUT2D eigenvalue weighted by molar-refractivity contribution is 7.59. The minimum absolute atomic E-state index is 0. The highest BCUT2D eigenvalue weighted by Crippen LogP contribution is 2.47. The second-order valence-electron chi connectivity index (χ2n) is 27.2. The van der Waals surface area contributed by atoms with Crippen LogP contribution in [-0.2, 0) is 53.1 Å². The Labute approximate surface area is 676 Å². The number of amides is 4. The zero-order valence-electron chi connectivity index (χ0n) is 60.6. The minimum atomic E-state index is -0.935. The Kier molecular flexibility index (Phi) is 26.6. The first-order valence-electron chi connectivity index (χ1n) is 35.5. The lowest BCUT2D eigenvalue weighted by Crippen LogP contribution is -2.41. The maximum absolute atomic E-state index is 14.0. The van der Waals surface area contributed by atoms with Crippen molar-refractivity contribution in [3.05, 3.63) is 259 Å². The molecule has 112 heavy (non-hydrogen) atoms. The molecular formula is C81H76Cl3F3N10O11S4. The average Bonchev–Trinajstić information content (AvgIpc) is 1.63. The monoisotopic (exact) mass is 1650 g/mol. The number of aromatic nitrogens is 6. The summed E-state index contributed by atoms with van der Waals surface area (Å²) in [5, 5.41) is 23.7. The normalized spacial score (nSPS) is 16.4. The molecule has 0 fully saturated rings. The number of imide groups is 2. The van der Waals surface area contributed by atoms with Gasteiger partial charge < -0.3 is 30.8 Å². The molecule has 582 valence electrons. The number of Topliss-reactive ketones (excluding diaryl/α,β-unsaturated/α-hetero) is 2. The lowest BCUT2D eigenvalue weighted by molar-refractivity contribution is 0.0612. The predicted octanol–water partition coefficient (Wildman–Crippen LogP) is 16.3. The van der Waals surface area contributed by atoms with Gasteiger partial charge in [-0.3, -0.25) is 52.6 Å². The SMILES string of the molecule is COC1CCn2ncc(Cl)c2-c2cc(C(=O)C[C@@H](Cc3cccc(F)c3)CN3C(=O)c4ccccc4C3=O)sc21.COC1CCn2ncc(Cl)c2-c2cc(C(=O)C[C@H](CN)Cc3cccc(F)c3)sc21.COC1CCn2ncc(Cl)c2-c2cc(C(=O)O)sc21.N[C@@H](Cc1cccc(F)c1)CN1C(=O)c2ccccc2C1=O.S. The lowest BCUT2D eigenvalue weighted by Gasteiger charge is -2.22. The molecule has 16 rings (SSSR count). The molecule has 0 saturated heterocycles. The molecule has 3 unspecified atom stereocenters. The van der Waals surface area contributed by atoms with Gasteiger partial charge in [0.25, 0.3) is 23.6 Å². The Morgan fingerprint density at radius 3 is 1.16 bits per heavy atom. The maximum atomic E-state index is 14.0. The van der Waals surface area contributed by atoms with Gasteiger partial charge >= 0.3 is 5.97 Å². The van der Waals surface area contributed by atoms with Gasteiger partial charge in [0.15, 0.2) is 11.6 Å². The summed E-state index contributed by atoms with van der Waals surface area (Å²) in [7, 11) is 4.95. The molecule has 0 saturated carbocycles. The van der Waals surface area contributed by atoms with E-state index in [1.54, 1.807) is 130 Å². The number of fused-ring (bicyclic) bond motifs is 11. The van der Waals surface area contributed by atoms with Gasteiger partial charge in [-0.1, -0.05) is 95.5 Å². The molecule has 0 aliphatic carbocycles. The number of carboxylic acid groups (broad SMARTS) is 1. The third-order valence-electron chi connectivity index (χ3n) is 19.8. The van der Waals surface area contributed by atoms with E-state index in [4.69, 9.17) is 65.6 Å².